The molecular weight excluding hydrogens is 274 g/mol. The third kappa shape index (κ3) is 2.79. The molecule has 6 heteroatoms. The Bertz CT molecular complexity index is 393. The average Bonchev–Trinajstić information content (AvgIpc) is 2.65. The first-order valence-electron chi connectivity index (χ1n) is 7.35. The van der Waals surface area contributed by atoms with Gasteiger partial charge < -0.3 is 14.0 Å². The van der Waals surface area contributed by atoms with Crippen molar-refractivity contribution >= 4 is 14.3 Å². The normalized spacial score (nSPS) is 35.9. The third-order valence-electron chi connectivity index (χ3n) is 4.76. The predicted molar refractivity (Wildman–Crippen MR) is 78.4 cm³/mol. The van der Waals surface area contributed by atoms with E-state index in [4.69, 9.17) is 14.0 Å². The van der Waals surface area contributed by atoms with Gasteiger partial charge in [0, 0.05) is 0 Å². The molecule has 0 amide bonds. The number of carbonyl (C=O) groups is 1. The van der Waals surface area contributed by atoms with Gasteiger partial charge in [-0.05, 0) is 32.0 Å². The van der Waals surface area contributed by atoms with E-state index in [1.54, 1.807) is 5.06 Å². The van der Waals surface area contributed by atoms with Crippen LogP contribution in [0, 0.1) is 0 Å². The number of hydrogen-bond acceptors (Lipinski definition) is 5. The first kappa shape index (κ1) is 15.9. The molecule has 2 heterocycles. The van der Waals surface area contributed by atoms with Gasteiger partial charge in [0.25, 0.3) is 0 Å². The highest BCUT2D eigenvalue weighted by atomic mass is 28.4. The van der Waals surface area contributed by atoms with Crippen LogP contribution in [-0.2, 0) is 18.8 Å². The molecule has 2 rings (SSSR count). The Morgan fingerprint density at radius 1 is 1.30 bits per heavy atom. The molecule has 2 aliphatic rings. The second-order valence-corrected chi connectivity index (χ2v) is 12.1. The van der Waals surface area contributed by atoms with E-state index in [0.717, 1.165) is 0 Å². The maximum atomic E-state index is 11.6. The van der Waals surface area contributed by atoms with Crippen LogP contribution < -0.4 is 0 Å². The van der Waals surface area contributed by atoms with Crippen LogP contribution in [0.15, 0.2) is 0 Å². The molecule has 116 valence electrons. The summed E-state index contributed by atoms with van der Waals surface area (Å²) in [5, 5.41) is 1.80. The van der Waals surface area contributed by atoms with Crippen molar-refractivity contribution in [2.45, 2.75) is 83.6 Å². The van der Waals surface area contributed by atoms with Crippen molar-refractivity contribution in [2.24, 2.45) is 0 Å². The van der Waals surface area contributed by atoms with Crippen molar-refractivity contribution in [3.63, 3.8) is 0 Å². The van der Waals surface area contributed by atoms with Gasteiger partial charge in [-0.25, -0.2) is 0 Å². The van der Waals surface area contributed by atoms with E-state index in [-0.39, 0.29) is 35.5 Å². The highest BCUT2D eigenvalue weighted by molar-refractivity contribution is 6.74. The predicted octanol–water partition coefficient (Wildman–Crippen LogP) is 2.67. The van der Waals surface area contributed by atoms with E-state index in [1.165, 1.54) is 0 Å². The van der Waals surface area contributed by atoms with Crippen molar-refractivity contribution in [3.8, 4) is 0 Å². The largest absolute Gasteiger partial charge is 0.410 e. The molecule has 5 nitrogen and oxygen atoms in total. The van der Waals surface area contributed by atoms with E-state index >= 15 is 0 Å². The Morgan fingerprint density at radius 3 is 2.45 bits per heavy atom. The molecule has 2 fully saturated rings. The van der Waals surface area contributed by atoms with Crippen LogP contribution in [0.5, 0.6) is 0 Å². The molecule has 0 saturated carbocycles. The van der Waals surface area contributed by atoms with E-state index in [9.17, 15) is 4.79 Å². The Hall–Kier alpha value is -0.433. The molecule has 0 aromatic rings. The fourth-order valence-corrected chi connectivity index (χ4v) is 3.92. The topological polar surface area (TPSA) is 48.0 Å². The fraction of sp³-hybridized carbons (Fsp3) is 0.929. The summed E-state index contributed by atoms with van der Waals surface area (Å²) < 4.78 is 12.4. The summed E-state index contributed by atoms with van der Waals surface area (Å²) in [6.07, 6.45) is 0.0336. The summed E-state index contributed by atoms with van der Waals surface area (Å²) in [6.45, 7) is 15.0. The number of hydrogen-bond donors (Lipinski definition) is 0. The van der Waals surface area contributed by atoms with E-state index in [2.05, 4.69) is 33.9 Å². The number of carbonyl (C=O) groups excluding carboxylic acids is 1. The highest BCUT2D eigenvalue weighted by Gasteiger charge is 2.51. The fourth-order valence-electron chi connectivity index (χ4n) is 2.54. The van der Waals surface area contributed by atoms with Crippen LogP contribution in [-0.4, -0.2) is 43.8 Å². The summed E-state index contributed by atoms with van der Waals surface area (Å²) in [4.78, 5) is 16.9. The molecule has 2 saturated heterocycles. The van der Waals surface area contributed by atoms with Crippen LogP contribution >= 0.6 is 0 Å². The summed E-state index contributed by atoms with van der Waals surface area (Å²) in [6, 6.07) is -0.0321. The van der Waals surface area contributed by atoms with E-state index < -0.39 is 8.32 Å². The van der Waals surface area contributed by atoms with Crippen LogP contribution in [0.2, 0.25) is 18.1 Å². The minimum atomic E-state index is -1.91. The summed E-state index contributed by atoms with van der Waals surface area (Å²) in [5.41, 5.74) is 0. The van der Waals surface area contributed by atoms with E-state index in [0.29, 0.717) is 6.42 Å². The van der Waals surface area contributed by atoms with Gasteiger partial charge in [0.15, 0.2) is 8.32 Å². The smallest absolute Gasteiger partial charge is 0.327 e. The molecule has 0 aromatic heterocycles. The van der Waals surface area contributed by atoms with Gasteiger partial charge in [-0.3, -0.25) is 4.79 Å². The summed E-state index contributed by atoms with van der Waals surface area (Å²) in [5.74, 6) is -0.191. The summed E-state index contributed by atoms with van der Waals surface area (Å²) in [7, 11) is -1.91. The lowest BCUT2D eigenvalue weighted by molar-refractivity contribution is -0.287. The van der Waals surface area contributed by atoms with E-state index in [1.807, 2.05) is 13.8 Å². The molecule has 0 bridgehead atoms. The van der Waals surface area contributed by atoms with Gasteiger partial charge in [-0.15, -0.1) is 5.06 Å². The standard InChI is InChI=1S/C14H27NO4Si/c1-9-13(19-20(6,7)14(3,4)5)11-8-12(16)18-15(11)10(2)17-9/h9-11,13H,8H2,1-7H3/t9-,10+,11+,13-/m0/s1. The van der Waals surface area contributed by atoms with Gasteiger partial charge in [-0.1, -0.05) is 20.8 Å². The van der Waals surface area contributed by atoms with Crippen molar-refractivity contribution in [1.29, 1.82) is 0 Å². The number of rotatable bonds is 2. The SMILES string of the molecule is C[C@@H]1O[C@H](C)N2OC(=O)C[C@@H]2[C@H]1O[Si](C)(C)C(C)(C)C. The second kappa shape index (κ2) is 5.09. The van der Waals surface area contributed by atoms with Crippen molar-refractivity contribution in [3.05, 3.63) is 0 Å². The van der Waals surface area contributed by atoms with Gasteiger partial charge in [-0.2, -0.15) is 0 Å². The van der Waals surface area contributed by atoms with Gasteiger partial charge in [0.05, 0.1) is 24.7 Å². The quantitative estimate of drug-likeness (QED) is 0.734. The van der Waals surface area contributed by atoms with Crippen LogP contribution in [0.25, 0.3) is 0 Å². The number of nitrogens with zero attached hydrogens (tertiary/aromatic N) is 1. The molecule has 0 N–H and O–H groups in total. The first-order valence-corrected chi connectivity index (χ1v) is 10.3. The molecule has 0 radical (unpaired) electrons. The van der Waals surface area contributed by atoms with Crippen molar-refractivity contribution in [1.82, 2.24) is 5.06 Å². The van der Waals surface area contributed by atoms with Crippen molar-refractivity contribution in [2.75, 3.05) is 0 Å². The minimum Gasteiger partial charge on any atom is -0.410 e. The lowest BCUT2D eigenvalue weighted by Crippen LogP contribution is -2.60. The zero-order valence-corrected chi connectivity index (χ0v) is 14.6. The molecule has 0 aromatic carbocycles. The Morgan fingerprint density at radius 2 is 1.90 bits per heavy atom. The Kier molecular flexibility index (Phi) is 4.05. The lowest BCUT2D eigenvalue weighted by Gasteiger charge is -2.47. The number of fused-ring (bicyclic) bond motifs is 1. The minimum absolute atomic E-state index is 0.0321. The number of hydroxylamine groups is 2. The second-order valence-electron chi connectivity index (χ2n) is 7.38. The zero-order valence-electron chi connectivity index (χ0n) is 13.6. The van der Waals surface area contributed by atoms with Crippen LogP contribution in [0.3, 0.4) is 0 Å². The van der Waals surface area contributed by atoms with Gasteiger partial charge in [0.1, 0.15) is 6.23 Å². The molecule has 2 aliphatic heterocycles. The third-order valence-corrected chi connectivity index (χ3v) is 9.23. The molecule has 20 heavy (non-hydrogen) atoms. The molecular formula is C14H27NO4Si. The maximum absolute atomic E-state index is 11.6. The van der Waals surface area contributed by atoms with Crippen molar-refractivity contribution < 1.29 is 18.8 Å². The number of ether oxygens (including phenoxy) is 1. The van der Waals surface area contributed by atoms with Crippen LogP contribution in [0.1, 0.15) is 41.0 Å². The molecule has 4 atom stereocenters. The maximum Gasteiger partial charge on any atom is 0.327 e. The van der Waals surface area contributed by atoms with Gasteiger partial charge in [0.2, 0.25) is 0 Å². The molecule has 0 unspecified atom stereocenters. The Labute approximate surface area is 122 Å². The zero-order chi connectivity index (χ0) is 15.3. The van der Waals surface area contributed by atoms with Gasteiger partial charge >= 0.3 is 5.97 Å². The van der Waals surface area contributed by atoms with Crippen LogP contribution in [0.4, 0.5) is 0 Å². The lowest BCUT2D eigenvalue weighted by atomic mass is 10.0. The Balaban J connectivity index is 2.19. The average molecular weight is 301 g/mol. The summed E-state index contributed by atoms with van der Waals surface area (Å²) >= 11 is 0. The highest BCUT2D eigenvalue weighted by Crippen LogP contribution is 2.41. The monoisotopic (exact) mass is 301 g/mol. The molecule has 0 aliphatic carbocycles. The molecule has 0 spiro atoms. The first-order chi connectivity index (χ1) is 9.03.